The number of aliphatic hydroxyl groups is 1. The largest absolute Gasteiger partial charge is 0.507 e. The van der Waals surface area contributed by atoms with Crippen molar-refractivity contribution in [1.82, 2.24) is 0 Å². The molecule has 3 aromatic carbocycles. The van der Waals surface area contributed by atoms with Crippen molar-refractivity contribution in [3.05, 3.63) is 95.1 Å². The zero-order valence-corrected chi connectivity index (χ0v) is 14.2. The summed E-state index contributed by atoms with van der Waals surface area (Å²) >= 11 is 0. The van der Waals surface area contributed by atoms with E-state index < -0.39 is 0 Å². The molecule has 3 N–H and O–H groups in total. The highest BCUT2D eigenvalue weighted by atomic mass is 16.3. The molecule has 0 aliphatic heterocycles. The summed E-state index contributed by atoms with van der Waals surface area (Å²) in [7, 11) is 0. The Labute approximate surface area is 151 Å². The van der Waals surface area contributed by atoms with E-state index in [1.165, 1.54) is 12.1 Å². The molecule has 0 saturated carbocycles. The molecule has 3 rings (SSSR count). The Balaban J connectivity index is 2.27. The molecule has 0 unspecified atom stereocenters. The van der Waals surface area contributed by atoms with E-state index in [0.29, 0.717) is 22.3 Å². The van der Waals surface area contributed by atoms with Crippen molar-refractivity contribution in [3.8, 4) is 11.5 Å². The molecule has 0 amide bonds. The Morgan fingerprint density at radius 2 is 1.27 bits per heavy atom. The average molecular weight is 346 g/mol. The number of rotatable bonds is 4. The van der Waals surface area contributed by atoms with E-state index in [2.05, 4.69) is 0 Å². The Bertz CT molecular complexity index is 974. The average Bonchev–Trinajstić information content (AvgIpc) is 2.67. The quantitative estimate of drug-likeness (QED) is 0.210. The van der Waals surface area contributed by atoms with Crippen LogP contribution in [0, 0.1) is 6.92 Å². The van der Waals surface area contributed by atoms with Gasteiger partial charge in [-0.15, -0.1) is 0 Å². The molecular formula is C22H18O4. The number of aliphatic hydroxyl groups excluding tert-OH is 1. The highest BCUT2D eigenvalue weighted by Gasteiger charge is 2.23. The molecule has 0 fully saturated rings. The Kier molecular flexibility index (Phi) is 4.76. The van der Waals surface area contributed by atoms with Crippen LogP contribution in [0.25, 0.3) is 11.3 Å². The van der Waals surface area contributed by atoms with Crippen molar-refractivity contribution in [2.75, 3.05) is 0 Å². The van der Waals surface area contributed by atoms with Gasteiger partial charge in [0.1, 0.15) is 5.76 Å². The minimum absolute atomic E-state index is 0.0650. The van der Waals surface area contributed by atoms with Crippen LogP contribution in [0.15, 0.2) is 72.8 Å². The maximum atomic E-state index is 13.1. The fraction of sp³-hybridized carbons (Fsp3) is 0.0455. The van der Waals surface area contributed by atoms with Gasteiger partial charge in [-0.25, -0.2) is 0 Å². The number of carbonyl (C=O) groups is 1. The van der Waals surface area contributed by atoms with Crippen molar-refractivity contribution < 1.29 is 20.1 Å². The summed E-state index contributed by atoms with van der Waals surface area (Å²) in [5, 5.41) is 30.5. The summed E-state index contributed by atoms with van der Waals surface area (Å²) in [6, 6.07) is 20.0. The number of hydrogen-bond donors (Lipinski definition) is 3. The molecule has 0 bridgehead atoms. The standard InChI is InChI=1S/C22H18O4/c1-14-12-18(23)19(24)13-17(14)20(21(25)15-8-4-2-5-9-15)22(26)16-10-6-3-7-11-16/h2-13,23-25H,1H3/b21-20+. The van der Waals surface area contributed by atoms with E-state index in [-0.39, 0.29) is 28.6 Å². The van der Waals surface area contributed by atoms with Gasteiger partial charge in [0.25, 0.3) is 0 Å². The molecule has 0 saturated heterocycles. The van der Waals surface area contributed by atoms with E-state index >= 15 is 0 Å². The third-order valence-corrected chi connectivity index (χ3v) is 4.14. The van der Waals surface area contributed by atoms with Crippen molar-refractivity contribution >= 4 is 17.1 Å². The second-order valence-corrected chi connectivity index (χ2v) is 5.94. The van der Waals surface area contributed by atoms with Gasteiger partial charge in [0.2, 0.25) is 0 Å². The molecule has 4 heteroatoms. The molecule has 4 nitrogen and oxygen atoms in total. The Hall–Kier alpha value is -3.53. The SMILES string of the molecule is Cc1cc(O)c(O)cc1/C(C(=O)c1ccccc1)=C(\O)c1ccccc1. The summed E-state index contributed by atoms with van der Waals surface area (Å²) in [4.78, 5) is 13.1. The number of phenolic OH excluding ortho intramolecular Hbond substituents is 2. The molecule has 130 valence electrons. The van der Waals surface area contributed by atoms with Crippen molar-refractivity contribution in [2.45, 2.75) is 6.92 Å². The monoisotopic (exact) mass is 346 g/mol. The predicted octanol–water partition coefficient (Wildman–Crippen LogP) is 4.72. The highest BCUT2D eigenvalue weighted by Crippen LogP contribution is 2.35. The van der Waals surface area contributed by atoms with Crippen LogP contribution < -0.4 is 0 Å². The molecule has 0 aliphatic carbocycles. The molecule has 0 spiro atoms. The van der Waals surface area contributed by atoms with E-state index in [1.54, 1.807) is 61.5 Å². The summed E-state index contributed by atoms with van der Waals surface area (Å²) in [6.07, 6.45) is 0. The zero-order valence-electron chi connectivity index (χ0n) is 14.2. The number of aryl methyl sites for hydroxylation is 1. The summed E-state index contributed by atoms with van der Waals surface area (Å²) in [5.74, 6) is -1.20. The maximum absolute atomic E-state index is 13.1. The van der Waals surface area contributed by atoms with Crippen molar-refractivity contribution in [1.29, 1.82) is 0 Å². The third-order valence-electron chi connectivity index (χ3n) is 4.14. The second-order valence-electron chi connectivity index (χ2n) is 5.94. The summed E-state index contributed by atoms with van der Waals surface area (Å²) in [6.45, 7) is 1.70. The molecule has 26 heavy (non-hydrogen) atoms. The van der Waals surface area contributed by atoms with E-state index in [0.717, 1.165) is 0 Å². The van der Waals surface area contributed by atoms with Gasteiger partial charge in [0.15, 0.2) is 17.3 Å². The first kappa shape index (κ1) is 17.3. The van der Waals surface area contributed by atoms with Gasteiger partial charge in [0.05, 0.1) is 5.57 Å². The number of aromatic hydroxyl groups is 2. The first-order chi connectivity index (χ1) is 12.5. The molecule has 0 aromatic heterocycles. The van der Waals surface area contributed by atoms with Crippen LogP contribution >= 0.6 is 0 Å². The van der Waals surface area contributed by atoms with Gasteiger partial charge in [-0.3, -0.25) is 4.79 Å². The summed E-state index contributed by atoms with van der Waals surface area (Å²) < 4.78 is 0. The number of ketones is 1. The fourth-order valence-electron chi connectivity index (χ4n) is 2.78. The molecule has 0 atom stereocenters. The molecular weight excluding hydrogens is 328 g/mol. The van der Waals surface area contributed by atoms with Crippen molar-refractivity contribution in [3.63, 3.8) is 0 Å². The lowest BCUT2D eigenvalue weighted by Gasteiger charge is -2.14. The number of benzene rings is 3. The van der Waals surface area contributed by atoms with Crippen LogP contribution in [0.5, 0.6) is 11.5 Å². The fourth-order valence-corrected chi connectivity index (χ4v) is 2.78. The van der Waals surface area contributed by atoms with Crippen molar-refractivity contribution in [2.24, 2.45) is 0 Å². The lowest BCUT2D eigenvalue weighted by Crippen LogP contribution is -2.07. The maximum Gasteiger partial charge on any atom is 0.197 e. The Morgan fingerprint density at radius 1 is 0.769 bits per heavy atom. The van der Waals surface area contributed by atoms with Crippen LogP contribution in [0.4, 0.5) is 0 Å². The third kappa shape index (κ3) is 3.30. The van der Waals surface area contributed by atoms with Crippen LogP contribution in [-0.2, 0) is 0 Å². The lowest BCUT2D eigenvalue weighted by molar-refractivity contribution is 0.105. The van der Waals surface area contributed by atoms with Gasteiger partial charge >= 0.3 is 0 Å². The van der Waals surface area contributed by atoms with Gasteiger partial charge in [-0.05, 0) is 30.2 Å². The number of Topliss-reactive ketones (excluding diaryl/α,β-unsaturated/α-hetero) is 1. The van der Waals surface area contributed by atoms with Crippen LogP contribution in [0.2, 0.25) is 0 Å². The highest BCUT2D eigenvalue weighted by molar-refractivity contribution is 6.34. The van der Waals surface area contributed by atoms with Gasteiger partial charge in [-0.1, -0.05) is 60.7 Å². The lowest BCUT2D eigenvalue weighted by atomic mass is 9.90. The number of hydrogen-bond acceptors (Lipinski definition) is 4. The molecule has 0 aliphatic rings. The zero-order chi connectivity index (χ0) is 18.7. The number of carbonyl (C=O) groups excluding carboxylic acids is 1. The minimum Gasteiger partial charge on any atom is -0.507 e. The van der Waals surface area contributed by atoms with Crippen LogP contribution in [0.1, 0.15) is 27.0 Å². The summed E-state index contributed by atoms with van der Waals surface area (Å²) in [5.41, 5.74) is 1.88. The Morgan fingerprint density at radius 3 is 1.85 bits per heavy atom. The first-order valence-corrected chi connectivity index (χ1v) is 8.10. The topological polar surface area (TPSA) is 77.8 Å². The van der Waals surface area contributed by atoms with Gasteiger partial charge in [-0.2, -0.15) is 0 Å². The van der Waals surface area contributed by atoms with Gasteiger partial charge < -0.3 is 15.3 Å². The van der Waals surface area contributed by atoms with Crippen LogP contribution in [-0.4, -0.2) is 21.1 Å². The number of allylic oxidation sites excluding steroid dienone is 1. The minimum atomic E-state index is -0.375. The second kappa shape index (κ2) is 7.15. The molecule has 0 radical (unpaired) electrons. The van der Waals surface area contributed by atoms with Crippen LogP contribution in [0.3, 0.4) is 0 Å². The molecule has 3 aromatic rings. The van der Waals surface area contributed by atoms with E-state index in [4.69, 9.17) is 0 Å². The molecule has 0 heterocycles. The number of phenols is 2. The first-order valence-electron chi connectivity index (χ1n) is 8.10. The normalized spacial score (nSPS) is 11.7. The van der Waals surface area contributed by atoms with Gasteiger partial charge in [0, 0.05) is 11.1 Å². The van der Waals surface area contributed by atoms with E-state index in [9.17, 15) is 20.1 Å². The van der Waals surface area contributed by atoms with E-state index in [1.807, 2.05) is 6.07 Å². The smallest absolute Gasteiger partial charge is 0.197 e. The predicted molar refractivity (Wildman–Crippen MR) is 101 cm³/mol.